The fraction of sp³-hybridized carbons (Fsp3) is 0.250. The summed E-state index contributed by atoms with van der Waals surface area (Å²) in [6.07, 6.45) is -0.569. The van der Waals surface area contributed by atoms with Gasteiger partial charge in [-0.25, -0.2) is 10.2 Å². The Hall–Kier alpha value is -0.880. The minimum atomic E-state index is -0.569. The second-order valence-electron chi connectivity index (χ2n) is 2.40. The Morgan fingerprint density at radius 3 is 2.86 bits per heavy atom. The molecule has 0 aliphatic rings. The Balaban J connectivity index is 2.65. The zero-order valence-electron chi connectivity index (χ0n) is 7.70. The quantitative estimate of drug-likeness (QED) is 0.667. The van der Waals surface area contributed by atoms with Crippen LogP contribution in [0, 0.1) is 0 Å². The molecule has 6 heteroatoms. The highest BCUT2D eigenvalue weighted by molar-refractivity contribution is 9.11. The number of rotatable bonds is 2. The first kappa shape index (κ1) is 11.2. The van der Waals surface area contributed by atoms with Crippen LogP contribution in [0.3, 0.4) is 0 Å². The van der Waals surface area contributed by atoms with Crippen molar-refractivity contribution in [3.63, 3.8) is 0 Å². The van der Waals surface area contributed by atoms with Crippen molar-refractivity contribution in [2.24, 2.45) is 5.10 Å². The molecule has 0 unspecified atom stereocenters. The summed E-state index contributed by atoms with van der Waals surface area (Å²) in [7, 11) is 1.29. The van der Waals surface area contributed by atoms with Crippen LogP contribution in [0.5, 0.6) is 0 Å². The van der Waals surface area contributed by atoms with Crippen LogP contribution >= 0.6 is 27.3 Å². The van der Waals surface area contributed by atoms with Gasteiger partial charge in [0.15, 0.2) is 0 Å². The van der Waals surface area contributed by atoms with Gasteiger partial charge in [0.1, 0.15) is 0 Å². The van der Waals surface area contributed by atoms with Crippen molar-refractivity contribution in [3.8, 4) is 0 Å². The molecule has 0 atom stereocenters. The standard InChI is InChI=1S/C8H9BrN2O2S/c1-5(10-11-8(12)13-2)6-3-4-7(9)14-6/h3-4H,1-2H3,(H,11,12). The van der Waals surface area contributed by atoms with Gasteiger partial charge in [0.05, 0.1) is 21.5 Å². The number of hydrazone groups is 1. The molecule has 0 aromatic carbocycles. The maximum atomic E-state index is 10.7. The fourth-order valence-electron chi connectivity index (χ4n) is 0.739. The molecule has 76 valence electrons. The van der Waals surface area contributed by atoms with Crippen LogP contribution in [-0.4, -0.2) is 18.9 Å². The number of carbonyl (C=O) groups is 1. The summed E-state index contributed by atoms with van der Waals surface area (Å²) in [5.41, 5.74) is 3.00. The smallest absolute Gasteiger partial charge is 0.427 e. The second kappa shape index (κ2) is 5.11. The molecule has 0 bridgehead atoms. The molecule has 1 N–H and O–H groups in total. The van der Waals surface area contributed by atoms with E-state index in [0.29, 0.717) is 0 Å². The normalized spacial score (nSPS) is 11.2. The van der Waals surface area contributed by atoms with Gasteiger partial charge in [-0.2, -0.15) is 5.10 Å². The largest absolute Gasteiger partial charge is 0.452 e. The third kappa shape index (κ3) is 3.12. The van der Waals surface area contributed by atoms with Gasteiger partial charge in [-0.3, -0.25) is 0 Å². The van der Waals surface area contributed by atoms with Crippen molar-refractivity contribution < 1.29 is 9.53 Å². The third-order valence-corrected chi connectivity index (χ3v) is 3.16. The molecule has 4 nitrogen and oxygen atoms in total. The van der Waals surface area contributed by atoms with Crippen LogP contribution < -0.4 is 5.43 Å². The molecule has 0 aliphatic heterocycles. The average molecular weight is 277 g/mol. The van der Waals surface area contributed by atoms with Crippen LogP contribution in [0.4, 0.5) is 4.79 Å². The maximum Gasteiger partial charge on any atom is 0.427 e. The number of amides is 1. The van der Waals surface area contributed by atoms with E-state index in [1.807, 2.05) is 19.1 Å². The van der Waals surface area contributed by atoms with Crippen molar-refractivity contribution in [2.45, 2.75) is 6.92 Å². The van der Waals surface area contributed by atoms with E-state index in [4.69, 9.17) is 0 Å². The molecular formula is C8H9BrN2O2S. The van der Waals surface area contributed by atoms with Crippen molar-refractivity contribution in [1.29, 1.82) is 0 Å². The van der Waals surface area contributed by atoms with Crippen molar-refractivity contribution >= 4 is 39.1 Å². The van der Waals surface area contributed by atoms with E-state index in [2.05, 4.69) is 31.2 Å². The number of nitrogens with zero attached hydrogens (tertiary/aromatic N) is 1. The molecule has 0 saturated carbocycles. The number of thiophene rings is 1. The monoisotopic (exact) mass is 276 g/mol. The van der Waals surface area contributed by atoms with Crippen LogP contribution in [-0.2, 0) is 4.74 Å². The van der Waals surface area contributed by atoms with Gasteiger partial charge in [0.25, 0.3) is 0 Å². The second-order valence-corrected chi connectivity index (χ2v) is 4.87. The molecule has 0 fully saturated rings. The van der Waals surface area contributed by atoms with E-state index in [0.717, 1.165) is 14.4 Å². The van der Waals surface area contributed by atoms with Crippen molar-refractivity contribution in [2.75, 3.05) is 7.11 Å². The van der Waals surface area contributed by atoms with Gasteiger partial charge in [0.2, 0.25) is 0 Å². The average Bonchev–Trinajstić information content (AvgIpc) is 2.60. The van der Waals surface area contributed by atoms with E-state index in [1.165, 1.54) is 7.11 Å². The van der Waals surface area contributed by atoms with Crippen LogP contribution in [0.2, 0.25) is 0 Å². The predicted molar refractivity (Wildman–Crippen MR) is 59.8 cm³/mol. The zero-order chi connectivity index (χ0) is 10.6. The molecule has 0 radical (unpaired) electrons. The van der Waals surface area contributed by atoms with E-state index in [9.17, 15) is 4.79 Å². The number of hydrogen-bond donors (Lipinski definition) is 1. The molecule has 1 aromatic heterocycles. The summed E-state index contributed by atoms with van der Waals surface area (Å²) in [5, 5.41) is 3.86. The molecule has 1 rings (SSSR count). The lowest BCUT2D eigenvalue weighted by Crippen LogP contribution is -2.18. The molecule has 0 saturated heterocycles. The zero-order valence-corrected chi connectivity index (χ0v) is 10.1. The summed E-state index contributed by atoms with van der Waals surface area (Å²) in [6, 6.07) is 3.85. The lowest BCUT2D eigenvalue weighted by atomic mass is 10.3. The van der Waals surface area contributed by atoms with Crippen LogP contribution in [0.1, 0.15) is 11.8 Å². The Morgan fingerprint density at radius 2 is 2.36 bits per heavy atom. The summed E-state index contributed by atoms with van der Waals surface area (Å²) in [4.78, 5) is 11.7. The van der Waals surface area contributed by atoms with E-state index in [-0.39, 0.29) is 0 Å². The van der Waals surface area contributed by atoms with Gasteiger partial charge in [-0.05, 0) is 35.0 Å². The molecule has 1 heterocycles. The third-order valence-electron chi connectivity index (χ3n) is 1.43. The van der Waals surface area contributed by atoms with E-state index >= 15 is 0 Å². The number of carbonyl (C=O) groups excluding carboxylic acids is 1. The molecule has 0 aliphatic carbocycles. The Labute approximate surface area is 94.1 Å². The SMILES string of the molecule is COC(=O)NN=C(C)c1ccc(Br)s1. The Kier molecular flexibility index (Phi) is 4.09. The van der Waals surface area contributed by atoms with Gasteiger partial charge in [0, 0.05) is 0 Å². The Morgan fingerprint density at radius 1 is 1.64 bits per heavy atom. The highest BCUT2D eigenvalue weighted by Crippen LogP contribution is 2.22. The van der Waals surface area contributed by atoms with E-state index in [1.54, 1.807) is 11.3 Å². The summed E-state index contributed by atoms with van der Waals surface area (Å²) in [5.74, 6) is 0. The first-order valence-corrected chi connectivity index (χ1v) is 5.38. The number of methoxy groups -OCH3 is 1. The molecule has 14 heavy (non-hydrogen) atoms. The van der Waals surface area contributed by atoms with Crippen LogP contribution in [0.15, 0.2) is 21.0 Å². The summed E-state index contributed by atoms with van der Waals surface area (Å²) in [6.45, 7) is 1.81. The first-order chi connectivity index (χ1) is 6.63. The highest BCUT2D eigenvalue weighted by atomic mass is 79.9. The van der Waals surface area contributed by atoms with Crippen molar-refractivity contribution in [3.05, 3.63) is 20.8 Å². The summed E-state index contributed by atoms with van der Waals surface area (Å²) >= 11 is 4.89. The van der Waals surface area contributed by atoms with Gasteiger partial charge < -0.3 is 4.74 Å². The lowest BCUT2D eigenvalue weighted by Gasteiger charge is -1.98. The van der Waals surface area contributed by atoms with Crippen LogP contribution in [0.25, 0.3) is 0 Å². The predicted octanol–water partition coefficient (Wildman–Crippen LogP) is 2.59. The lowest BCUT2D eigenvalue weighted by molar-refractivity contribution is 0.171. The minimum Gasteiger partial charge on any atom is -0.452 e. The highest BCUT2D eigenvalue weighted by Gasteiger charge is 2.02. The Bertz CT molecular complexity index is 362. The number of hydrogen-bond acceptors (Lipinski definition) is 4. The molecule has 1 aromatic rings. The van der Waals surface area contributed by atoms with Gasteiger partial charge in [-0.15, -0.1) is 11.3 Å². The molecule has 0 spiro atoms. The number of ether oxygens (including phenoxy) is 1. The fourth-order valence-corrected chi connectivity index (χ4v) is 2.07. The van der Waals surface area contributed by atoms with Gasteiger partial charge >= 0.3 is 6.09 Å². The van der Waals surface area contributed by atoms with Crippen molar-refractivity contribution in [1.82, 2.24) is 5.43 Å². The van der Waals surface area contributed by atoms with Gasteiger partial charge in [-0.1, -0.05) is 0 Å². The number of halogens is 1. The van der Waals surface area contributed by atoms with E-state index < -0.39 is 6.09 Å². The molecule has 1 amide bonds. The molecular weight excluding hydrogens is 268 g/mol. The summed E-state index contributed by atoms with van der Waals surface area (Å²) < 4.78 is 5.41. The first-order valence-electron chi connectivity index (χ1n) is 3.77. The maximum absolute atomic E-state index is 10.7. The minimum absolute atomic E-state index is 0.569. The topological polar surface area (TPSA) is 50.7 Å². The number of nitrogens with one attached hydrogen (secondary N) is 1.